The highest BCUT2D eigenvalue weighted by atomic mass is 32.1. The molecule has 1 fully saturated rings. The van der Waals surface area contributed by atoms with E-state index < -0.39 is 0 Å². The summed E-state index contributed by atoms with van der Waals surface area (Å²) in [4.78, 5) is 25.8. The largest absolute Gasteiger partial charge is 0.461 e. The van der Waals surface area contributed by atoms with E-state index in [0.29, 0.717) is 24.4 Å². The van der Waals surface area contributed by atoms with Gasteiger partial charge < -0.3 is 9.64 Å². The number of carbonyl (C=O) groups excluding carboxylic acids is 2. The van der Waals surface area contributed by atoms with E-state index in [1.807, 2.05) is 25.3 Å². The van der Waals surface area contributed by atoms with Gasteiger partial charge in [-0.2, -0.15) is 0 Å². The van der Waals surface area contributed by atoms with Crippen molar-refractivity contribution in [2.24, 2.45) is 5.92 Å². The first-order valence-electron chi connectivity index (χ1n) is 6.10. The zero-order valence-corrected chi connectivity index (χ0v) is 11.5. The van der Waals surface area contributed by atoms with E-state index in [2.05, 4.69) is 0 Å². The second-order valence-corrected chi connectivity index (χ2v) is 5.45. The van der Waals surface area contributed by atoms with Gasteiger partial charge in [0.25, 0.3) is 0 Å². The van der Waals surface area contributed by atoms with E-state index in [0.717, 1.165) is 12.1 Å². The first-order valence-corrected chi connectivity index (χ1v) is 6.98. The zero-order valence-electron chi connectivity index (χ0n) is 10.6. The molecule has 0 radical (unpaired) electrons. The summed E-state index contributed by atoms with van der Waals surface area (Å²) in [5, 5.41) is 1.88. The Hall–Kier alpha value is -1.36. The molecule has 18 heavy (non-hydrogen) atoms. The number of nitrogens with zero attached hydrogens (tertiary/aromatic N) is 1. The van der Waals surface area contributed by atoms with Gasteiger partial charge in [0, 0.05) is 25.4 Å². The van der Waals surface area contributed by atoms with E-state index in [9.17, 15) is 9.59 Å². The molecule has 1 aromatic heterocycles. The molecule has 0 spiro atoms. The molecule has 0 bridgehead atoms. The van der Waals surface area contributed by atoms with Crippen LogP contribution in [0.1, 0.15) is 28.6 Å². The van der Waals surface area contributed by atoms with Gasteiger partial charge >= 0.3 is 5.97 Å². The Morgan fingerprint density at radius 3 is 2.94 bits per heavy atom. The van der Waals surface area contributed by atoms with Gasteiger partial charge in [0.05, 0.1) is 6.61 Å². The monoisotopic (exact) mass is 267 g/mol. The minimum Gasteiger partial charge on any atom is -0.461 e. The lowest BCUT2D eigenvalue weighted by atomic mass is 10.1. The molecule has 5 heteroatoms. The fourth-order valence-electron chi connectivity index (χ4n) is 2.11. The average molecular weight is 267 g/mol. The topological polar surface area (TPSA) is 46.6 Å². The minimum absolute atomic E-state index is 0.140. The lowest BCUT2D eigenvalue weighted by molar-refractivity contribution is -0.127. The van der Waals surface area contributed by atoms with Crippen molar-refractivity contribution in [2.75, 3.05) is 19.7 Å². The van der Waals surface area contributed by atoms with E-state index in [1.165, 1.54) is 11.3 Å². The Bertz CT molecular complexity index is 455. The minimum atomic E-state index is -0.273. The first kappa shape index (κ1) is 13.1. The van der Waals surface area contributed by atoms with E-state index >= 15 is 0 Å². The van der Waals surface area contributed by atoms with Crippen molar-refractivity contribution in [1.29, 1.82) is 0 Å². The number of aryl methyl sites for hydroxylation is 1. The van der Waals surface area contributed by atoms with Crippen molar-refractivity contribution in [1.82, 2.24) is 4.90 Å². The summed E-state index contributed by atoms with van der Waals surface area (Å²) in [7, 11) is 0. The molecule has 1 atom stereocenters. The van der Waals surface area contributed by atoms with Gasteiger partial charge in [-0.1, -0.05) is 0 Å². The quantitative estimate of drug-likeness (QED) is 0.785. The predicted octanol–water partition coefficient (Wildman–Crippen LogP) is 2.08. The summed E-state index contributed by atoms with van der Waals surface area (Å²) in [5.41, 5.74) is 0.947. The summed E-state index contributed by atoms with van der Waals surface area (Å²) in [6.07, 6.45) is 0.491. The van der Waals surface area contributed by atoms with Crippen molar-refractivity contribution in [2.45, 2.75) is 20.3 Å². The van der Waals surface area contributed by atoms with Crippen LogP contribution in [0.5, 0.6) is 0 Å². The molecule has 0 saturated carbocycles. The third-order valence-corrected chi connectivity index (χ3v) is 4.17. The number of ether oxygens (including phenoxy) is 1. The molecular weight excluding hydrogens is 250 g/mol. The maximum absolute atomic E-state index is 11.8. The van der Waals surface area contributed by atoms with Crippen molar-refractivity contribution in [3.05, 3.63) is 21.9 Å². The Morgan fingerprint density at radius 2 is 2.39 bits per heavy atom. The second kappa shape index (κ2) is 5.52. The van der Waals surface area contributed by atoms with Crippen LogP contribution in [-0.2, 0) is 9.53 Å². The lowest BCUT2D eigenvalue weighted by Gasteiger charge is -2.13. The van der Waals surface area contributed by atoms with Crippen LogP contribution in [0, 0.1) is 12.8 Å². The molecular formula is C13H17NO3S. The number of carbonyl (C=O) groups is 2. The third-order valence-electron chi connectivity index (χ3n) is 3.17. The van der Waals surface area contributed by atoms with Gasteiger partial charge in [-0.25, -0.2) is 4.79 Å². The van der Waals surface area contributed by atoms with Gasteiger partial charge in [-0.05, 0) is 30.9 Å². The van der Waals surface area contributed by atoms with Gasteiger partial charge in [0.2, 0.25) is 5.91 Å². The number of esters is 1. The molecule has 98 valence electrons. The molecule has 1 saturated heterocycles. The lowest BCUT2D eigenvalue weighted by Crippen LogP contribution is -2.25. The average Bonchev–Trinajstić information content (AvgIpc) is 2.92. The Labute approximate surface area is 111 Å². The van der Waals surface area contributed by atoms with Crippen LogP contribution in [0.3, 0.4) is 0 Å². The number of hydrogen-bond donors (Lipinski definition) is 0. The number of hydrogen-bond acceptors (Lipinski definition) is 4. The number of thiophene rings is 1. The molecule has 0 aliphatic carbocycles. The highest BCUT2D eigenvalue weighted by Crippen LogP contribution is 2.20. The van der Waals surface area contributed by atoms with Crippen molar-refractivity contribution in [3.63, 3.8) is 0 Å². The molecule has 1 aliphatic rings. The molecule has 0 unspecified atom stereocenters. The van der Waals surface area contributed by atoms with Crippen LogP contribution < -0.4 is 0 Å². The van der Waals surface area contributed by atoms with E-state index in [1.54, 1.807) is 4.90 Å². The summed E-state index contributed by atoms with van der Waals surface area (Å²) in [6, 6.07) is 1.90. The summed E-state index contributed by atoms with van der Waals surface area (Å²) in [6.45, 7) is 5.62. The van der Waals surface area contributed by atoms with Gasteiger partial charge in [0.15, 0.2) is 0 Å². The van der Waals surface area contributed by atoms with Crippen molar-refractivity contribution in [3.8, 4) is 0 Å². The second-order valence-electron chi connectivity index (χ2n) is 4.53. The van der Waals surface area contributed by atoms with E-state index in [-0.39, 0.29) is 17.8 Å². The summed E-state index contributed by atoms with van der Waals surface area (Å²) in [5.74, 6) is 0.0254. The Balaban J connectivity index is 1.84. The number of likely N-dealkylation sites (tertiary alicyclic amines) is 1. The first-order chi connectivity index (χ1) is 8.61. The van der Waals surface area contributed by atoms with Crippen molar-refractivity contribution >= 4 is 23.2 Å². The SMILES string of the molecule is CCN1C[C@@H](COC(=O)c2sccc2C)CC1=O. The normalized spacial score (nSPS) is 19.3. The third kappa shape index (κ3) is 2.72. The predicted molar refractivity (Wildman–Crippen MR) is 69.7 cm³/mol. The van der Waals surface area contributed by atoms with Gasteiger partial charge in [-0.15, -0.1) is 11.3 Å². The maximum atomic E-state index is 11.8. The Kier molecular flexibility index (Phi) is 4.01. The zero-order chi connectivity index (χ0) is 13.1. The standard InChI is InChI=1S/C13H17NO3S/c1-3-14-7-10(6-11(14)15)8-17-13(16)12-9(2)4-5-18-12/h4-5,10H,3,6-8H2,1-2H3/t10-/m0/s1. The fourth-order valence-corrected chi connectivity index (χ4v) is 2.93. The molecule has 4 nitrogen and oxygen atoms in total. The summed E-state index contributed by atoms with van der Waals surface area (Å²) < 4.78 is 5.28. The van der Waals surface area contributed by atoms with Crippen LogP contribution in [0.2, 0.25) is 0 Å². The molecule has 2 rings (SSSR count). The van der Waals surface area contributed by atoms with Crippen LogP contribution in [0.15, 0.2) is 11.4 Å². The molecule has 2 heterocycles. The van der Waals surface area contributed by atoms with Crippen molar-refractivity contribution < 1.29 is 14.3 Å². The maximum Gasteiger partial charge on any atom is 0.348 e. The van der Waals surface area contributed by atoms with Crippen LogP contribution in [-0.4, -0.2) is 36.5 Å². The van der Waals surface area contributed by atoms with Crippen LogP contribution in [0.25, 0.3) is 0 Å². The number of amides is 1. The van der Waals surface area contributed by atoms with E-state index in [4.69, 9.17) is 4.74 Å². The number of rotatable bonds is 4. The molecule has 0 aromatic carbocycles. The van der Waals surface area contributed by atoms with Gasteiger partial charge in [-0.3, -0.25) is 4.79 Å². The van der Waals surface area contributed by atoms with Crippen LogP contribution >= 0.6 is 11.3 Å². The smallest absolute Gasteiger partial charge is 0.348 e. The fraction of sp³-hybridized carbons (Fsp3) is 0.538. The highest BCUT2D eigenvalue weighted by molar-refractivity contribution is 7.12. The molecule has 1 aliphatic heterocycles. The van der Waals surface area contributed by atoms with Gasteiger partial charge in [0.1, 0.15) is 4.88 Å². The Morgan fingerprint density at radius 1 is 1.61 bits per heavy atom. The molecule has 1 amide bonds. The molecule has 1 aromatic rings. The summed E-state index contributed by atoms with van der Waals surface area (Å²) >= 11 is 1.39. The molecule has 0 N–H and O–H groups in total. The van der Waals surface area contributed by atoms with Crippen LogP contribution in [0.4, 0.5) is 0 Å². The highest BCUT2D eigenvalue weighted by Gasteiger charge is 2.29.